The third-order valence-corrected chi connectivity index (χ3v) is 3.49. The molecule has 2 saturated carbocycles. The Hall–Kier alpha value is -1.26. The van der Waals surface area contributed by atoms with Gasteiger partial charge < -0.3 is 11.1 Å². The molecular formula is C11H19N5. The molecule has 0 unspecified atom stereocenters. The summed E-state index contributed by atoms with van der Waals surface area (Å²) in [5, 5.41) is 7.78. The second-order valence-corrected chi connectivity index (χ2v) is 4.95. The molecule has 2 aliphatic carbocycles. The molecular weight excluding hydrogens is 202 g/mol. The van der Waals surface area contributed by atoms with Gasteiger partial charge in [-0.3, -0.25) is 0 Å². The van der Waals surface area contributed by atoms with E-state index in [0.29, 0.717) is 24.0 Å². The van der Waals surface area contributed by atoms with Crippen molar-refractivity contribution in [3.05, 3.63) is 0 Å². The number of nitrogens with one attached hydrogen (secondary N) is 1. The zero-order valence-electron chi connectivity index (χ0n) is 9.52. The molecule has 5 nitrogen and oxygen atoms in total. The predicted molar refractivity (Wildman–Crippen MR) is 63.2 cm³/mol. The van der Waals surface area contributed by atoms with Gasteiger partial charge in [0.25, 0.3) is 0 Å². The maximum Gasteiger partial charge on any atom is 0.244 e. The second-order valence-electron chi connectivity index (χ2n) is 4.95. The van der Waals surface area contributed by atoms with Gasteiger partial charge in [0, 0.05) is 6.04 Å². The van der Waals surface area contributed by atoms with Crippen molar-refractivity contribution in [1.82, 2.24) is 14.8 Å². The van der Waals surface area contributed by atoms with Gasteiger partial charge in [0.2, 0.25) is 11.9 Å². The number of rotatable bonds is 3. The van der Waals surface area contributed by atoms with Crippen LogP contribution in [0.2, 0.25) is 0 Å². The van der Waals surface area contributed by atoms with Gasteiger partial charge in [-0.05, 0) is 25.7 Å². The van der Waals surface area contributed by atoms with Crippen molar-refractivity contribution in [2.75, 3.05) is 11.1 Å². The highest BCUT2D eigenvalue weighted by molar-refractivity contribution is 5.34. The average molecular weight is 221 g/mol. The van der Waals surface area contributed by atoms with Crippen molar-refractivity contribution in [3.8, 4) is 0 Å². The van der Waals surface area contributed by atoms with Crippen LogP contribution in [0.5, 0.6) is 0 Å². The van der Waals surface area contributed by atoms with Crippen LogP contribution in [0.25, 0.3) is 0 Å². The molecule has 16 heavy (non-hydrogen) atoms. The molecule has 88 valence electrons. The van der Waals surface area contributed by atoms with Crippen molar-refractivity contribution >= 4 is 11.9 Å². The highest BCUT2D eigenvalue weighted by Gasteiger charge is 2.24. The molecule has 0 aliphatic heterocycles. The largest absolute Gasteiger partial charge is 0.368 e. The lowest BCUT2D eigenvalue weighted by atomic mass is 9.96. The molecule has 3 N–H and O–H groups in total. The fourth-order valence-electron chi connectivity index (χ4n) is 2.40. The highest BCUT2D eigenvalue weighted by Crippen LogP contribution is 2.30. The van der Waals surface area contributed by atoms with E-state index in [2.05, 4.69) is 15.4 Å². The Labute approximate surface area is 95.4 Å². The number of nitrogen functional groups attached to an aromatic ring is 1. The molecule has 0 aromatic carbocycles. The minimum absolute atomic E-state index is 0.469. The number of hydrogen-bond donors (Lipinski definition) is 2. The summed E-state index contributed by atoms with van der Waals surface area (Å²) in [6.07, 6.45) is 8.77. The van der Waals surface area contributed by atoms with Crippen molar-refractivity contribution in [3.63, 3.8) is 0 Å². The molecule has 1 aromatic heterocycles. The summed E-state index contributed by atoms with van der Waals surface area (Å²) in [7, 11) is 0. The van der Waals surface area contributed by atoms with Crippen molar-refractivity contribution in [2.24, 2.45) is 0 Å². The van der Waals surface area contributed by atoms with Crippen LogP contribution in [0, 0.1) is 0 Å². The molecule has 0 amide bonds. The van der Waals surface area contributed by atoms with E-state index in [-0.39, 0.29) is 0 Å². The Balaban J connectivity index is 1.74. The van der Waals surface area contributed by atoms with Gasteiger partial charge >= 0.3 is 0 Å². The third-order valence-electron chi connectivity index (χ3n) is 3.49. The van der Waals surface area contributed by atoms with Gasteiger partial charge in [-0.25, -0.2) is 4.68 Å². The molecule has 1 aromatic rings. The quantitative estimate of drug-likeness (QED) is 0.818. The zero-order valence-corrected chi connectivity index (χ0v) is 9.52. The van der Waals surface area contributed by atoms with Crippen LogP contribution >= 0.6 is 0 Å². The van der Waals surface area contributed by atoms with Crippen molar-refractivity contribution in [1.29, 1.82) is 0 Å². The number of nitrogens with two attached hydrogens (primary N) is 1. The van der Waals surface area contributed by atoms with E-state index in [0.717, 1.165) is 0 Å². The summed E-state index contributed by atoms with van der Waals surface area (Å²) in [5.41, 5.74) is 5.92. The van der Waals surface area contributed by atoms with Crippen LogP contribution in [-0.2, 0) is 0 Å². The van der Waals surface area contributed by atoms with E-state index in [1.54, 1.807) is 0 Å². The fourth-order valence-corrected chi connectivity index (χ4v) is 2.40. The minimum Gasteiger partial charge on any atom is -0.368 e. The Morgan fingerprint density at radius 1 is 1.12 bits per heavy atom. The Bertz CT molecular complexity index is 362. The van der Waals surface area contributed by atoms with Crippen LogP contribution in [-0.4, -0.2) is 20.8 Å². The topological polar surface area (TPSA) is 68.8 Å². The summed E-state index contributed by atoms with van der Waals surface area (Å²) < 4.78 is 1.92. The monoisotopic (exact) mass is 221 g/mol. The molecule has 0 bridgehead atoms. The molecule has 1 heterocycles. The second kappa shape index (κ2) is 3.96. The molecule has 3 rings (SSSR count). The number of aromatic nitrogens is 3. The zero-order chi connectivity index (χ0) is 11.0. The standard InChI is InChI=1S/C11H19N5/c12-10-14-11(13-8-6-7-8)15-16(10)9-4-2-1-3-5-9/h8-9H,1-7H2,(H3,12,13,14,15). The van der Waals surface area contributed by atoms with Crippen LogP contribution in [0.4, 0.5) is 11.9 Å². The Kier molecular flexibility index (Phi) is 2.46. The Morgan fingerprint density at radius 2 is 1.88 bits per heavy atom. The van der Waals surface area contributed by atoms with Gasteiger partial charge in [-0.1, -0.05) is 19.3 Å². The van der Waals surface area contributed by atoms with E-state index in [9.17, 15) is 0 Å². The average Bonchev–Trinajstić information content (AvgIpc) is 3.03. The first-order valence-electron chi connectivity index (χ1n) is 6.31. The lowest BCUT2D eigenvalue weighted by Gasteiger charge is -2.21. The molecule has 0 radical (unpaired) electrons. The number of anilines is 2. The number of hydrogen-bond acceptors (Lipinski definition) is 4. The summed E-state index contributed by atoms with van der Waals surface area (Å²) in [4.78, 5) is 4.28. The van der Waals surface area contributed by atoms with Gasteiger partial charge in [0.1, 0.15) is 0 Å². The summed E-state index contributed by atoms with van der Waals surface area (Å²) in [6.45, 7) is 0. The third kappa shape index (κ3) is 1.99. The van der Waals surface area contributed by atoms with Gasteiger partial charge in [-0.2, -0.15) is 4.98 Å². The van der Waals surface area contributed by atoms with Crippen molar-refractivity contribution in [2.45, 2.75) is 57.0 Å². The van der Waals surface area contributed by atoms with Gasteiger partial charge in [0.05, 0.1) is 6.04 Å². The fraction of sp³-hybridized carbons (Fsp3) is 0.818. The van der Waals surface area contributed by atoms with E-state index >= 15 is 0 Å². The van der Waals surface area contributed by atoms with Crippen LogP contribution in [0.1, 0.15) is 51.0 Å². The molecule has 0 saturated heterocycles. The first-order chi connectivity index (χ1) is 7.83. The molecule has 5 heteroatoms. The summed E-state index contributed by atoms with van der Waals surface area (Å²) in [6, 6.07) is 1.05. The van der Waals surface area contributed by atoms with E-state index in [1.807, 2.05) is 4.68 Å². The number of nitrogens with zero attached hydrogens (tertiary/aromatic N) is 3. The van der Waals surface area contributed by atoms with Crippen molar-refractivity contribution < 1.29 is 0 Å². The maximum absolute atomic E-state index is 5.92. The summed E-state index contributed by atoms with van der Waals surface area (Å²) >= 11 is 0. The SMILES string of the molecule is Nc1nc(NC2CC2)nn1C1CCCCC1. The maximum atomic E-state index is 5.92. The van der Waals surface area contributed by atoms with Crippen LogP contribution in [0.15, 0.2) is 0 Å². The van der Waals surface area contributed by atoms with E-state index < -0.39 is 0 Å². The predicted octanol–water partition coefficient (Wildman–Crippen LogP) is 1.94. The van der Waals surface area contributed by atoms with Gasteiger partial charge in [-0.15, -0.1) is 5.10 Å². The van der Waals surface area contributed by atoms with E-state index in [1.165, 1.54) is 44.9 Å². The summed E-state index contributed by atoms with van der Waals surface area (Å²) in [5.74, 6) is 1.28. The molecule has 2 fully saturated rings. The Morgan fingerprint density at radius 3 is 2.56 bits per heavy atom. The first kappa shape index (κ1) is 9.93. The molecule has 2 aliphatic rings. The van der Waals surface area contributed by atoms with Gasteiger partial charge in [0.15, 0.2) is 0 Å². The smallest absolute Gasteiger partial charge is 0.244 e. The van der Waals surface area contributed by atoms with Crippen LogP contribution in [0.3, 0.4) is 0 Å². The lowest BCUT2D eigenvalue weighted by molar-refractivity contribution is 0.333. The molecule has 0 spiro atoms. The lowest BCUT2D eigenvalue weighted by Crippen LogP contribution is -2.16. The van der Waals surface area contributed by atoms with E-state index in [4.69, 9.17) is 5.73 Å². The normalized spacial score (nSPS) is 22.2. The molecule has 0 atom stereocenters. The van der Waals surface area contributed by atoms with Crippen LogP contribution < -0.4 is 11.1 Å². The first-order valence-corrected chi connectivity index (χ1v) is 6.31. The minimum atomic E-state index is 0.469. The highest BCUT2D eigenvalue weighted by atomic mass is 15.4.